The van der Waals surface area contributed by atoms with Crippen molar-refractivity contribution in [3.8, 4) is 0 Å². The summed E-state index contributed by atoms with van der Waals surface area (Å²) in [7, 11) is -3.41. The first-order valence-electron chi connectivity index (χ1n) is 5.79. The number of allylic oxidation sites excluding steroid dienone is 2. The van der Waals surface area contributed by atoms with Crippen molar-refractivity contribution < 1.29 is 8.42 Å². The van der Waals surface area contributed by atoms with Gasteiger partial charge in [0.15, 0.2) is 0 Å². The lowest BCUT2D eigenvalue weighted by Crippen LogP contribution is -1.98. The van der Waals surface area contributed by atoms with Gasteiger partial charge in [0.1, 0.15) is 0 Å². The minimum Gasteiger partial charge on any atom is -0.362 e. The molecule has 0 unspecified atom stereocenters. The minimum absolute atomic E-state index is 0.299. The first kappa shape index (κ1) is 11.8. The van der Waals surface area contributed by atoms with Crippen molar-refractivity contribution in [1.82, 2.24) is 9.97 Å². The van der Waals surface area contributed by atoms with Crippen molar-refractivity contribution in [2.75, 3.05) is 0 Å². The lowest BCUT2D eigenvalue weighted by Gasteiger charge is -1.99. The molecule has 0 amide bonds. The molecule has 0 spiro atoms. The molecular weight excluding hydrogens is 260 g/mol. The molecule has 0 radical (unpaired) electrons. The molecule has 96 valence electrons. The van der Waals surface area contributed by atoms with Gasteiger partial charge in [-0.05, 0) is 48.6 Å². The third-order valence-electron chi connectivity index (χ3n) is 2.87. The Labute approximate surface area is 111 Å². The maximum Gasteiger partial charge on any atom is 0.206 e. The molecule has 0 bridgehead atoms. The van der Waals surface area contributed by atoms with E-state index in [1.165, 1.54) is 0 Å². The van der Waals surface area contributed by atoms with Crippen LogP contribution in [0.25, 0.3) is 12.2 Å². The number of sulfone groups is 1. The van der Waals surface area contributed by atoms with Crippen molar-refractivity contribution in [3.63, 3.8) is 0 Å². The van der Waals surface area contributed by atoms with Crippen molar-refractivity contribution in [1.29, 1.82) is 0 Å². The monoisotopic (exact) mass is 272 g/mol. The molecule has 3 heterocycles. The van der Waals surface area contributed by atoms with Gasteiger partial charge in [0.05, 0.1) is 9.81 Å². The van der Waals surface area contributed by atoms with E-state index in [1.54, 1.807) is 36.7 Å². The van der Waals surface area contributed by atoms with Crippen LogP contribution in [0.3, 0.4) is 0 Å². The van der Waals surface area contributed by atoms with Crippen molar-refractivity contribution in [3.05, 3.63) is 70.0 Å². The predicted molar refractivity (Wildman–Crippen MR) is 75.6 cm³/mol. The van der Waals surface area contributed by atoms with Gasteiger partial charge in [-0.15, -0.1) is 0 Å². The van der Waals surface area contributed by atoms with Crippen LogP contribution in [0.1, 0.15) is 11.4 Å². The Hall–Kier alpha value is -2.27. The highest BCUT2D eigenvalue weighted by molar-refractivity contribution is 8.00. The zero-order valence-corrected chi connectivity index (χ0v) is 10.8. The van der Waals surface area contributed by atoms with Crippen LogP contribution >= 0.6 is 0 Å². The molecule has 3 rings (SSSR count). The number of nitrogens with one attached hydrogen (secondary N) is 2. The largest absolute Gasteiger partial charge is 0.362 e. The number of H-pyrrole nitrogens is 2. The Morgan fingerprint density at radius 3 is 1.68 bits per heavy atom. The lowest BCUT2D eigenvalue weighted by atomic mass is 10.3. The molecule has 5 heteroatoms. The van der Waals surface area contributed by atoms with Crippen LogP contribution < -0.4 is 0 Å². The van der Waals surface area contributed by atoms with E-state index in [1.807, 2.05) is 24.3 Å². The van der Waals surface area contributed by atoms with E-state index in [4.69, 9.17) is 0 Å². The third kappa shape index (κ3) is 2.20. The van der Waals surface area contributed by atoms with Crippen LogP contribution in [0.4, 0.5) is 0 Å². The van der Waals surface area contributed by atoms with Gasteiger partial charge in [-0.2, -0.15) is 0 Å². The van der Waals surface area contributed by atoms with Crippen LogP contribution in [0.2, 0.25) is 0 Å². The summed E-state index contributed by atoms with van der Waals surface area (Å²) in [6, 6.07) is 7.30. The van der Waals surface area contributed by atoms with Gasteiger partial charge in [-0.25, -0.2) is 8.42 Å². The Balaban J connectivity index is 2.00. The Morgan fingerprint density at radius 2 is 1.32 bits per heavy atom. The van der Waals surface area contributed by atoms with E-state index in [-0.39, 0.29) is 0 Å². The quantitative estimate of drug-likeness (QED) is 0.882. The molecule has 0 atom stereocenters. The van der Waals surface area contributed by atoms with Gasteiger partial charge in [0.25, 0.3) is 0 Å². The normalized spacial score (nSPS) is 21.5. The fraction of sp³-hybridized carbons (Fsp3) is 0. The van der Waals surface area contributed by atoms with E-state index in [0.29, 0.717) is 9.81 Å². The van der Waals surface area contributed by atoms with Crippen molar-refractivity contribution in [2.45, 2.75) is 0 Å². The third-order valence-corrected chi connectivity index (χ3v) is 4.62. The molecule has 2 N–H and O–H groups in total. The Kier molecular flexibility index (Phi) is 2.76. The second-order valence-electron chi connectivity index (χ2n) is 4.18. The summed E-state index contributed by atoms with van der Waals surface area (Å²) in [6.07, 6.45) is 10.00. The fourth-order valence-corrected chi connectivity index (χ4v) is 3.24. The van der Waals surface area contributed by atoms with Crippen LogP contribution in [0, 0.1) is 0 Å². The topological polar surface area (TPSA) is 65.7 Å². The highest BCUT2D eigenvalue weighted by Gasteiger charge is 2.25. The maximum atomic E-state index is 12.3. The average molecular weight is 272 g/mol. The standard InChI is InChI=1S/C14H12N2O2S/c17-19(18)13(9-11-3-1-7-15-11)5-6-14(19)10-12-4-2-8-16-12/h1-10,15-16H/b13-9+,14-10+. The number of rotatable bonds is 2. The van der Waals surface area contributed by atoms with Gasteiger partial charge in [0, 0.05) is 23.8 Å². The lowest BCUT2D eigenvalue weighted by molar-refractivity contribution is 0.610. The molecule has 1 aliphatic rings. The van der Waals surface area contributed by atoms with E-state index < -0.39 is 9.84 Å². The molecule has 2 aromatic rings. The van der Waals surface area contributed by atoms with Crippen LogP contribution in [0.15, 0.2) is 58.6 Å². The molecule has 0 saturated carbocycles. The molecule has 0 saturated heterocycles. The molecule has 19 heavy (non-hydrogen) atoms. The number of aromatic nitrogens is 2. The SMILES string of the molecule is O=S1(=O)/C(=C/c2ccc[nH]2)C=C/C1=C\c1ccc[nH]1. The summed E-state index contributed by atoms with van der Waals surface area (Å²) in [4.78, 5) is 6.52. The average Bonchev–Trinajstić information content (AvgIpc) is 3.08. The first-order chi connectivity index (χ1) is 9.16. The van der Waals surface area contributed by atoms with Crippen LogP contribution in [-0.2, 0) is 9.84 Å². The Morgan fingerprint density at radius 1 is 0.842 bits per heavy atom. The van der Waals surface area contributed by atoms with Gasteiger partial charge < -0.3 is 9.97 Å². The zero-order chi connectivity index (χ0) is 13.3. The van der Waals surface area contributed by atoms with Gasteiger partial charge in [-0.3, -0.25) is 0 Å². The summed E-state index contributed by atoms with van der Waals surface area (Å²) in [5, 5.41) is 0. The smallest absolute Gasteiger partial charge is 0.206 e. The maximum absolute atomic E-state index is 12.3. The number of aromatic amines is 2. The van der Waals surface area contributed by atoms with E-state index in [0.717, 1.165) is 11.4 Å². The summed E-state index contributed by atoms with van der Waals surface area (Å²) >= 11 is 0. The molecule has 4 nitrogen and oxygen atoms in total. The van der Waals surface area contributed by atoms with Gasteiger partial charge in [0.2, 0.25) is 9.84 Å². The fourth-order valence-electron chi connectivity index (χ4n) is 1.91. The molecule has 0 aromatic carbocycles. The zero-order valence-electron chi connectivity index (χ0n) is 10.00. The second kappa shape index (κ2) is 4.44. The molecule has 2 aromatic heterocycles. The van der Waals surface area contributed by atoms with Crippen molar-refractivity contribution in [2.24, 2.45) is 0 Å². The van der Waals surface area contributed by atoms with Crippen LogP contribution in [0.5, 0.6) is 0 Å². The molecule has 0 fully saturated rings. The van der Waals surface area contributed by atoms with Gasteiger partial charge in [-0.1, -0.05) is 0 Å². The van der Waals surface area contributed by atoms with Gasteiger partial charge >= 0.3 is 0 Å². The molecular formula is C14H12N2O2S. The first-order valence-corrected chi connectivity index (χ1v) is 7.28. The predicted octanol–water partition coefficient (Wildman–Crippen LogP) is 2.71. The second-order valence-corrected chi connectivity index (χ2v) is 6.13. The van der Waals surface area contributed by atoms with E-state index in [2.05, 4.69) is 9.97 Å². The summed E-state index contributed by atoms with van der Waals surface area (Å²) in [5.41, 5.74) is 1.54. The summed E-state index contributed by atoms with van der Waals surface area (Å²) in [6.45, 7) is 0. The molecule has 0 aliphatic carbocycles. The van der Waals surface area contributed by atoms with E-state index >= 15 is 0 Å². The highest BCUT2D eigenvalue weighted by atomic mass is 32.2. The van der Waals surface area contributed by atoms with Crippen LogP contribution in [-0.4, -0.2) is 18.4 Å². The van der Waals surface area contributed by atoms with E-state index in [9.17, 15) is 8.42 Å². The molecule has 1 aliphatic heterocycles. The summed E-state index contributed by atoms with van der Waals surface area (Å²) < 4.78 is 24.6. The highest BCUT2D eigenvalue weighted by Crippen LogP contribution is 2.29. The summed E-state index contributed by atoms with van der Waals surface area (Å²) in [5.74, 6) is 0. The number of hydrogen-bond donors (Lipinski definition) is 2. The Bertz CT molecular complexity index is 701. The minimum atomic E-state index is -3.41. The van der Waals surface area contributed by atoms with Crippen molar-refractivity contribution >= 4 is 22.0 Å². The number of hydrogen-bond acceptors (Lipinski definition) is 2.